The Balaban J connectivity index is 3.30. The summed E-state index contributed by atoms with van der Waals surface area (Å²) in [6.45, 7) is 0. The van der Waals surface area contributed by atoms with Crippen molar-refractivity contribution in [2.45, 2.75) is 9.10 Å². The molecule has 0 unspecified atom stereocenters. The molecule has 0 fully saturated rings. The smallest absolute Gasteiger partial charge is 0.348 e. The molecule has 1 aromatic heterocycles. The molecule has 0 aliphatic rings. The van der Waals surface area contributed by atoms with Gasteiger partial charge in [-0.25, -0.2) is 13.2 Å². The predicted octanol–water partition coefficient (Wildman–Crippen LogP) is 2.18. The third kappa shape index (κ3) is 2.87. The summed E-state index contributed by atoms with van der Waals surface area (Å²) >= 11 is 2.26. The molecule has 4 nitrogen and oxygen atoms in total. The number of ether oxygens (including phenoxy) is 1. The Morgan fingerprint density at radius 1 is 1.60 bits per heavy atom. The minimum Gasteiger partial charge on any atom is -0.465 e. The van der Waals surface area contributed by atoms with Crippen LogP contribution in [0.5, 0.6) is 0 Å². The highest BCUT2D eigenvalue weighted by Gasteiger charge is 2.22. The molecule has 0 saturated carbocycles. The van der Waals surface area contributed by atoms with Crippen LogP contribution in [0, 0.1) is 0 Å². The van der Waals surface area contributed by atoms with E-state index in [0.717, 1.165) is 11.3 Å². The maximum absolute atomic E-state index is 11.2. The zero-order chi connectivity index (χ0) is 11.6. The van der Waals surface area contributed by atoms with Crippen LogP contribution in [0.1, 0.15) is 9.67 Å². The number of thiophene rings is 1. The fourth-order valence-corrected chi connectivity index (χ4v) is 4.64. The average molecular weight is 287 g/mol. The summed E-state index contributed by atoms with van der Waals surface area (Å²) in [6, 6.07) is 1.23. The Bertz CT molecular complexity index is 476. The van der Waals surface area contributed by atoms with Gasteiger partial charge in [0.05, 0.1) is 11.3 Å². The summed E-state index contributed by atoms with van der Waals surface area (Å²) in [5, 5.41) is 0. The first kappa shape index (κ1) is 12.8. The second kappa shape index (κ2) is 4.73. The molecule has 0 bridgehead atoms. The lowest BCUT2D eigenvalue weighted by atomic mass is 10.5. The van der Waals surface area contributed by atoms with Crippen LogP contribution in [0.15, 0.2) is 15.2 Å². The monoisotopic (exact) mass is 286 g/mol. The van der Waals surface area contributed by atoms with Crippen LogP contribution >= 0.6 is 33.8 Å². The van der Waals surface area contributed by atoms with Crippen molar-refractivity contribution in [2.75, 3.05) is 13.4 Å². The van der Waals surface area contributed by atoms with E-state index in [1.807, 2.05) is 0 Å². The van der Waals surface area contributed by atoms with E-state index in [2.05, 4.69) is 4.74 Å². The fourth-order valence-electron chi connectivity index (χ4n) is 0.871. The van der Waals surface area contributed by atoms with Gasteiger partial charge in [0.2, 0.25) is 0 Å². The van der Waals surface area contributed by atoms with Crippen LogP contribution in [0.25, 0.3) is 0 Å². The maximum Gasteiger partial charge on any atom is 0.348 e. The number of rotatable bonds is 3. The highest BCUT2D eigenvalue weighted by molar-refractivity contribution is 8.14. The highest BCUT2D eigenvalue weighted by atomic mass is 35.7. The maximum atomic E-state index is 11.2. The standard InChI is InChI=1S/C7H7ClO4S3/c1-12-6(9)4-3-5(15(8,10)11)7(13-2)14-4/h3H,1-2H3. The second-order valence-corrected chi connectivity index (χ2v) is 7.06. The molecule has 0 aromatic carbocycles. The van der Waals surface area contributed by atoms with Gasteiger partial charge in [0, 0.05) is 10.7 Å². The fraction of sp³-hybridized carbons (Fsp3) is 0.286. The summed E-state index contributed by atoms with van der Waals surface area (Å²) in [6.07, 6.45) is 1.71. The normalized spacial score (nSPS) is 11.4. The Hall–Kier alpha value is -0.240. The molecule has 0 saturated heterocycles. The SMILES string of the molecule is COC(=O)c1cc(S(=O)(=O)Cl)c(SC)s1. The van der Waals surface area contributed by atoms with Crippen molar-refractivity contribution in [3.8, 4) is 0 Å². The molecule has 0 atom stereocenters. The van der Waals surface area contributed by atoms with Crippen molar-refractivity contribution in [1.82, 2.24) is 0 Å². The highest BCUT2D eigenvalue weighted by Crippen LogP contribution is 2.35. The minimum atomic E-state index is -3.81. The molecule has 1 rings (SSSR count). The van der Waals surface area contributed by atoms with Gasteiger partial charge in [-0.3, -0.25) is 0 Å². The van der Waals surface area contributed by atoms with Gasteiger partial charge in [0.25, 0.3) is 9.05 Å². The molecule has 0 radical (unpaired) electrons. The number of hydrogen-bond acceptors (Lipinski definition) is 6. The molecule has 8 heteroatoms. The molecule has 0 N–H and O–H groups in total. The van der Waals surface area contributed by atoms with Gasteiger partial charge in [-0.15, -0.1) is 23.1 Å². The van der Waals surface area contributed by atoms with Crippen molar-refractivity contribution >= 4 is 48.8 Å². The van der Waals surface area contributed by atoms with Gasteiger partial charge < -0.3 is 4.74 Å². The molecule has 15 heavy (non-hydrogen) atoms. The van der Waals surface area contributed by atoms with Crippen molar-refractivity contribution in [3.05, 3.63) is 10.9 Å². The van der Waals surface area contributed by atoms with Crippen LogP contribution in [0.2, 0.25) is 0 Å². The van der Waals surface area contributed by atoms with E-state index in [1.165, 1.54) is 24.9 Å². The zero-order valence-electron chi connectivity index (χ0n) is 7.81. The van der Waals surface area contributed by atoms with E-state index in [1.54, 1.807) is 6.26 Å². The van der Waals surface area contributed by atoms with Gasteiger partial charge in [-0.1, -0.05) is 0 Å². The number of esters is 1. The van der Waals surface area contributed by atoms with Gasteiger partial charge in [0.15, 0.2) is 0 Å². The first-order chi connectivity index (χ1) is 6.90. The third-order valence-corrected chi connectivity index (χ3v) is 5.36. The molecule has 0 amide bonds. The largest absolute Gasteiger partial charge is 0.465 e. The van der Waals surface area contributed by atoms with Crippen molar-refractivity contribution in [2.24, 2.45) is 0 Å². The van der Waals surface area contributed by atoms with Gasteiger partial charge in [-0.05, 0) is 12.3 Å². The van der Waals surface area contributed by atoms with E-state index < -0.39 is 15.0 Å². The van der Waals surface area contributed by atoms with Crippen molar-refractivity contribution in [3.63, 3.8) is 0 Å². The topological polar surface area (TPSA) is 60.4 Å². The lowest BCUT2D eigenvalue weighted by molar-refractivity contribution is 0.0606. The lowest BCUT2D eigenvalue weighted by Gasteiger charge is -1.93. The van der Waals surface area contributed by atoms with E-state index in [9.17, 15) is 13.2 Å². The number of halogens is 1. The van der Waals surface area contributed by atoms with Crippen LogP contribution in [-0.2, 0) is 13.8 Å². The first-order valence-electron chi connectivity index (χ1n) is 3.61. The third-order valence-electron chi connectivity index (χ3n) is 1.50. The summed E-state index contributed by atoms with van der Waals surface area (Å²) in [4.78, 5) is 11.3. The van der Waals surface area contributed by atoms with Crippen molar-refractivity contribution in [1.29, 1.82) is 0 Å². The number of carbonyl (C=O) groups excluding carboxylic acids is 1. The summed E-state index contributed by atoms with van der Waals surface area (Å²) in [5.41, 5.74) is 0. The average Bonchev–Trinajstić information content (AvgIpc) is 2.59. The number of thioether (sulfide) groups is 1. The lowest BCUT2D eigenvalue weighted by Crippen LogP contribution is -1.97. The number of methoxy groups -OCH3 is 1. The molecule has 84 valence electrons. The Kier molecular flexibility index (Phi) is 4.05. The quantitative estimate of drug-likeness (QED) is 0.484. The molecular weight excluding hydrogens is 280 g/mol. The van der Waals surface area contributed by atoms with Gasteiger partial charge >= 0.3 is 5.97 Å². The minimum absolute atomic E-state index is 0.0398. The van der Waals surface area contributed by atoms with E-state index in [-0.39, 0.29) is 9.77 Å². The van der Waals surface area contributed by atoms with E-state index in [4.69, 9.17) is 10.7 Å². The predicted molar refractivity (Wildman–Crippen MR) is 60.5 cm³/mol. The first-order valence-corrected chi connectivity index (χ1v) is 7.96. The van der Waals surface area contributed by atoms with Crippen LogP contribution < -0.4 is 0 Å². The summed E-state index contributed by atoms with van der Waals surface area (Å²) in [5.74, 6) is -0.568. The van der Waals surface area contributed by atoms with E-state index in [0.29, 0.717) is 4.21 Å². The number of hydrogen-bond donors (Lipinski definition) is 0. The number of carbonyl (C=O) groups is 1. The Morgan fingerprint density at radius 2 is 2.20 bits per heavy atom. The molecule has 1 heterocycles. The van der Waals surface area contributed by atoms with Crippen LogP contribution in [0.4, 0.5) is 0 Å². The van der Waals surface area contributed by atoms with Gasteiger partial charge in [-0.2, -0.15) is 0 Å². The zero-order valence-corrected chi connectivity index (χ0v) is 11.0. The van der Waals surface area contributed by atoms with Crippen molar-refractivity contribution < 1.29 is 17.9 Å². The molecule has 0 aliphatic carbocycles. The molecule has 1 aromatic rings. The van der Waals surface area contributed by atoms with E-state index >= 15 is 0 Å². The van der Waals surface area contributed by atoms with Crippen LogP contribution in [0.3, 0.4) is 0 Å². The summed E-state index contributed by atoms with van der Waals surface area (Å²) < 4.78 is 27.3. The second-order valence-electron chi connectivity index (χ2n) is 2.40. The van der Waals surface area contributed by atoms with Crippen LogP contribution in [-0.4, -0.2) is 27.8 Å². The summed E-state index contributed by atoms with van der Waals surface area (Å²) in [7, 11) is 2.64. The van der Waals surface area contributed by atoms with Gasteiger partial charge in [0.1, 0.15) is 9.77 Å². The molecular formula is C7H7ClO4S3. The molecule has 0 spiro atoms. The molecule has 0 aliphatic heterocycles. The Labute approximate surface area is 100.0 Å². The Morgan fingerprint density at radius 3 is 2.53 bits per heavy atom.